The van der Waals surface area contributed by atoms with E-state index in [-0.39, 0.29) is 18.1 Å². The number of Topliss-reactive ketones (excluding diaryl/α,β-unsaturated/α-hetero) is 1. The van der Waals surface area contributed by atoms with Crippen molar-refractivity contribution in [2.24, 2.45) is 0 Å². The van der Waals surface area contributed by atoms with Gasteiger partial charge in [0.25, 0.3) is 0 Å². The van der Waals surface area contributed by atoms with E-state index in [4.69, 9.17) is 14.9 Å². The summed E-state index contributed by atoms with van der Waals surface area (Å²) in [5, 5.41) is 17.6. The van der Waals surface area contributed by atoms with Gasteiger partial charge in [-0.15, -0.1) is 0 Å². The minimum Gasteiger partial charge on any atom is -0.508 e. The van der Waals surface area contributed by atoms with Crippen molar-refractivity contribution in [1.82, 2.24) is 0 Å². The van der Waals surface area contributed by atoms with Crippen molar-refractivity contribution in [3.05, 3.63) is 42.0 Å². The fourth-order valence-corrected chi connectivity index (χ4v) is 1.58. The lowest BCUT2D eigenvalue weighted by Crippen LogP contribution is -2.00. The third-order valence-electron chi connectivity index (χ3n) is 2.62. The molecule has 0 heterocycles. The first-order valence-electron chi connectivity index (χ1n) is 6.40. The van der Waals surface area contributed by atoms with Gasteiger partial charge < -0.3 is 14.9 Å². The molecule has 0 bridgehead atoms. The van der Waals surface area contributed by atoms with Gasteiger partial charge in [0.05, 0.1) is 13.2 Å². The van der Waals surface area contributed by atoms with Crippen molar-refractivity contribution in [3.63, 3.8) is 0 Å². The van der Waals surface area contributed by atoms with Crippen molar-refractivity contribution in [2.45, 2.75) is 19.3 Å². The largest absolute Gasteiger partial charge is 0.508 e. The van der Waals surface area contributed by atoms with Crippen molar-refractivity contribution in [3.8, 4) is 5.75 Å². The van der Waals surface area contributed by atoms with E-state index in [1.165, 1.54) is 12.1 Å². The second kappa shape index (κ2) is 9.30. The second-order valence-electron chi connectivity index (χ2n) is 4.16. The topological polar surface area (TPSA) is 66.8 Å². The van der Waals surface area contributed by atoms with E-state index in [9.17, 15) is 4.79 Å². The molecule has 104 valence electrons. The zero-order valence-electron chi connectivity index (χ0n) is 10.9. The number of benzene rings is 1. The molecule has 0 amide bonds. The Morgan fingerprint density at radius 1 is 1.16 bits per heavy atom. The molecule has 1 rings (SSSR count). The number of unbranched alkanes of at least 4 members (excludes halogenated alkanes) is 1. The van der Waals surface area contributed by atoms with Crippen molar-refractivity contribution >= 4 is 5.78 Å². The smallest absolute Gasteiger partial charge is 0.162 e. The van der Waals surface area contributed by atoms with Crippen LogP contribution in [0.25, 0.3) is 0 Å². The summed E-state index contributed by atoms with van der Waals surface area (Å²) in [5.74, 6) is 0.251. The molecule has 0 aliphatic rings. The molecule has 0 fully saturated rings. The first-order chi connectivity index (χ1) is 9.24. The molecule has 2 N–H and O–H groups in total. The lowest BCUT2D eigenvalue weighted by molar-refractivity contribution is 0.0972. The van der Waals surface area contributed by atoms with Gasteiger partial charge in [0.15, 0.2) is 5.78 Å². The maximum Gasteiger partial charge on any atom is 0.162 e. The molecule has 0 aliphatic heterocycles. The van der Waals surface area contributed by atoms with Gasteiger partial charge in [-0.3, -0.25) is 4.79 Å². The maximum atomic E-state index is 11.8. The summed E-state index contributed by atoms with van der Waals surface area (Å²) in [5.41, 5.74) is 0.629. The summed E-state index contributed by atoms with van der Waals surface area (Å²) in [6.07, 6.45) is 5.50. The van der Waals surface area contributed by atoms with Crippen LogP contribution in [0.2, 0.25) is 0 Å². The van der Waals surface area contributed by atoms with Gasteiger partial charge in [-0.25, -0.2) is 0 Å². The Hall–Kier alpha value is -1.65. The molecule has 0 saturated heterocycles. The SMILES string of the molecule is O=C(CCCCOCC=CCO)c1ccc(O)cc1. The first kappa shape index (κ1) is 15.4. The standard InChI is InChI=1S/C15H20O4/c16-10-2-4-12-19-11-3-1-5-15(18)13-6-8-14(17)9-7-13/h2,4,6-9,16-17H,1,3,5,10-12H2. The molecular formula is C15H20O4. The normalized spacial score (nSPS) is 11.0. The maximum absolute atomic E-state index is 11.8. The third-order valence-corrected chi connectivity index (χ3v) is 2.62. The van der Waals surface area contributed by atoms with E-state index in [1.54, 1.807) is 24.3 Å². The van der Waals surface area contributed by atoms with Crippen LogP contribution >= 0.6 is 0 Å². The van der Waals surface area contributed by atoms with Crippen LogP contribution in [-0.2, 0) is 4.74 Å². The third kappa shape index (κ3) is 6.74. The van der Waals surface area contributed by atoms with Crippen molar-refractivity contribution in [1.29, 1.82) is 0 Å². The molecule has 19 heavy (non-hydrogen) atoms. The summed E-state index contributed by atoms with van der Waals surface area (Å²) in [6.45, 7) is 1.13. The number of rotatable bonds is 9. The minimum atomic E-state index is 0.0322. The summed E-state index contributed by atoms with van der Waals surface area (Å²) in [6, 6.07) is 6.30. The molecule has 0 aliphatic carbocycles. The van der Waals surface area contributed by atoms with E-state index < -0.39 is 0 Å². The van der Waals surface area contributed by atoms with E-state index >= 15 is 0 Å². The van der Waals surface area contributed by atoms with E-state index in [1.807, 2.05) is 0 Å². The zero-order chi connectivity index (χ0) is 13.9. The highest BCUT2D eigenvalue weighted by Gasteiger charge is 2.04. The van der Waals surface area contributed by atoms with Crippen LogP contribution in [0.5, 0.6) is 5.75 Å². The van der Waals surface area contributed by atoms with Crippen LogP contribution in [0.15, 0.2) is 36.4 Å². The predicted molar refractivity (Wildman–Crippen MR) is 73.3 cm³/mol. The number of carbonyl (C=O) groups is 1. The molecule has 0 atom stereocenters. The molecule has 1 aromatic rings. The minimum absolute atomic E-state index is 0.0322. The van der Waals surface area contributed by atoms with Crippen LogP contribution in [-0.4, -0.2) is 35.8 Å². The molecular weight excluding hydrogens is 244 g/mol. The van der Waals surface area contributed by atoms with Crippen molar-refractivity contribution in [2.75, 3.05) is 19.8 Å². The second-order valence-corrected chi connectivity index (χ2v) is 4.16. The Bertz CT molecular complexity index is 395. The van der Waals surface area contributed by atoms with Gasteiger partial charge in [-0.2, -0.15) is 0 Å². The number of hydrogen-bond donors (Lipinski definition) is 2. The predicted octanol–water partition coefficient (Wildman–Crippen LogP) is 2.31. The van der Waals surface area contributed by atoms with Crippen LogP contribution in [0.4, 0.5) is 0 Å². The van der Waals surface area contributed by atoms with Crippen molar-refractivity contribution < 1.29 is 19.7 Å². The molecule has 0 radical (unpaired) electrons. The zero-order valence-corrected chi connectivity index (χ0v) is 10.9. The average molecular weight is 264 g/mol. The monoisotopic (exact) mass is 264 g/mol. The fraction of sp³-hybridized carbons (Fsp3) is 0.400. The first-order valence-corrected chi connectivity index (χ1v) is 6.40. The van der Waals surface area contributed by atoms with Crippen LogP contribution in [0, 0.1) is 0 Å². The Kier molecular flexibility index (Phi) is 7.54. The summed E-state index contributed by atoms with van der Waals surface area (Å²) < 4.78 is 5.30. The van der Waals surface area contributed by atoms with Crippen LogP contribution in [0.3, 0.4) is 0 Å². The van der Waals surface area contributed by atoms with Gasteiger partial charge in [-0.1, -0.05) is 12.2 Å². The Balaban J connectivity index is 2.11. The van der Waals surface area contributed by atoms with Crippen LogP contribution < -0.4 is 0 Å². The van der Waals surface area contributed by atoms with Gasteiger partial charge in [-0.05, 0) is 37.1 Å². The van der Waals surface area contributed by atoms with Gasteiger partial charge in [0.2, 0.25) is 0 Å². The summed E-state index contributed by atoms with van der Waals surface area (Å²) in [4.78, 5) is 11.8. The lowest BCUT2D eigenvalue weighted by Gasteiger charge is -2.02. The number of aliphatic hydroxyl groups is 1. The van der Waals surface area contributed by atoms with Crippen LogP contribution in [0.1, 0.15) is 29.6 Å². The van der Waals surface area contributed by atoms with Gasteiger partial charge in [0.1, 0.15) is 5.75 Å². The van der Waals surface area contributed by atoms with E-state index in [2.05, 4.69) is 0 Å². The summed E-state index contributed by atoms with van der Waals surface area (Å²) >= 11 is 0. The highest BCUT2D eigenvalue weighted by molar-refractivity contribution is 5.96. The molecule has 1 aromatic carbocycles. The number of phenolic OH excluding ortho intramolecular Hbond substituents is 1. The number of phenols is 1. The highest BCUT2D eigenvalue weighted by Crippen LogP contribution is 2.12. The Morgan fingerprint density at radius 2 is 1.89 bits per heavy atom. The molecule has 0 unspecified atom stereocenters. The molecule has 0 saturated carbocycles. The fourth-order valence-electron chi connectivity index (χ4n) is 1.58. The number of hydrogen-bond acceptors (Lipinski definition) is 4. The quantitative estimate of drug-likeness (QED) is 0.408. The number of ether oxygens (including phenoxy) is 1. The Morgan fingerprint density at radius 3 is 2.58 bits per heavy atom. The van der Waals surface area contributed by atoms with E-state index in [0.717, 1.165) is 12.8 Å². The number of aromatic hydroxyl groups is 1. The van der Waals surface area contributed by atoms with Gasteiger partial charge >= 0.3 is 0 Å². The lowest BCUT2D eigenvalue weighted by atomic mass is 10.1. The number of ketones is 1. The molecule has 0 spiro atoms. The van der Waals surface area contributed by atoms with E-state index in [0.29, 0.717) is 25.2 Å². The highest BCUT2D eigenvalue weighted by atomic mass is 16.5. The van der Waals surface area contributed by atoms with Gasteiger partial charge in [0, 0.05) is 18.6 Å². The molecule has 4 nitrogen and oxygen atoms in total. The average Bonchev–Trinajstić information content (AvgIpc) is 2.42. The molecule has 4 heteroatoms. The number of carbonyl (C=O) groups excluding carboxylic acids is 1. The Labute approximate surface area is 113 Å². The summed E-state index contributed by atoms with van der Waals surface area (Å²) in [7, 11) is 0. The number of aliphatic hydroxyl groups excluding tert-OH is 1. The molecule has 0 aromatic heterocycles.